The summed E-state index contributed by atoms with van der Waals surface area (Å²) in [5, 5.41) is 33.5. The molecule has 5 nitrogen and oxygen atoms in total. The lowest BCUT2D eigenvalue weighted by Gasteiger charge is -2.23. The Hall–Kier alpha value is -1.17. The average molecular weight is 903 g/mol. The fraction of sp³-hybridized carbons (Fsp3) is 0.915. The Morgan fingerprint density at radius 2 is 0.672 bits per heavy atom. The topological polar surface area (TPSA) is 89.8 Å². The summed E-state index contributed by atoms with van der Waals surface area (Å²) in [6.07, 6.45) is 69.3. The number of nitrogens with one attached hydrogen (secondary N) is 1. The zero-order valence-corrected chi connectivity index (χ0v) is 43.4. The van der Waals surface area contributed by atoms with Crippen LogP contribution in [0.5, 0.6) is 0 Å². The molecule has 3 atom stereocenters. The second kappa shape index (κ2) is 54.4. The summed E-state index contributed by atoms with van der Waals surface area (Å²) in [4.78, 5) is 12.5. The lowest BCUT2D eigenvalue weighted by molar-refractivity contribution is -0.125. The van der Waals surface area contributed by atoms with Gasteiger partial charge in [-0.3, -0.25) is 4.79 Å². The third-order valence-corrected chi connectivity index (χ3v) is 13.8. The summed E-state index contributed by atoms with van der Waals surface area (Å²) in [5.74, 6) is -0.280. The zero-order chi connectivity index (χ0) is 46.5. The Balaban J connectivity index is 3.44. The third kappa shape index (κ3) is 50.2. The first-order chi connectivity index (χ1) is 31.5. The predicted octanol–water partition coefficient (Wildman–Crippen LogP) is 18.1. The van der Waals surface area contributed by atoms with Crippen molar-refractivity contribution in [2.75, 3.05) is 6.61 Å². The van der Waals surface area contributed by atoms with E-state index in [0.29, 0.717) is 12.8 Å². The van der Waals surface area contributed by atoms with Gasteiger partial charge in [-0.1, -0.05) is 295 Å². The number of hydrogen-bond acceptors (Lipinski definition) is 4. The van der Waals surface area contributed by atoms with Gasteiger partial charge in [-0.2, -0.15) is 0 Å². The minimum Gasteiger partial charge on any atom is -0.394 e. The summed E-state index contributed by atoms with van der Waals surface area (Å²) in [5.41, 5.74) is 0. The molecule has 5 heteroatoms. The number of hydrogen-bond donors (Lipinski definition) is 4. The smallest absolute Gasteiger partial charge is 0.222 e. The first-order valence-electron chi connectivity index (χ1n) is 29.1. The van der Waals surface area contributed by atoms with Gasteiger partial charge in [0.15, 0.2) is 0 Å². The van der Waals surface area contributed by atoms with Gasteiger partial charge in [-0.25, -0.2) is 0 Å². The van der Waals surface area contributed by atoms with Crippen molar-refractivity contribution >= 4 is 5.91 Å². The highest BCUT2D eigenvalue weighted by molar-refractivity contribution is 5.76. The lowest BCUT2D eigenvalue weighted by atomic mass is 10.0. The molecule has 1 amide bonds. The standard InChI is InChI=1S/C59H115NO4/c1-3-5-7-9-11-13-15-17-18-19-20-21-22-23-24-25-26-27-28-29-30-31-32-33-34-35-36-37-38-39-40-41-42-44-46-48-50-52-56(62)54-59(64)60-57(55-61)58(63)53-51-49-47-45-43-16-14-12-10-8-6-4-2/h26-27,29-30,56-58,61-63H,3-25,28,31-55H2,1-2H3,(H,60,64)/b27-26-,30-29-. The van der Waals surface area contributed by atoms with Gasteiger partial charge in [-0.15, -0.1) is 0 Å². The van der Waals surface area contributed by atoms with Gasteiger partial charge in [0.1, 0.15) is 0 Å². The number of rotatable bonds is 54. The first kappa shape index (κ1) is 62.8. The molecule has 0 aliphatic rings. The molecule has 3 unspecified atom stereocenters. The van der Waals surface area contributed by atoms with Crippen LogP contribution in [-0.2, 0) is 4.79 Å². The van der Waals surface area contributed by atoms with Gasteiger partial charge in [0.25, 0.3) is 0 Å². The molecule has 0 aromatic carbocycles. The molecule has 0 aliphatic heterocycles. The molecule has 0 spiro atoms. The highest BCUT2D eigenvalue weighted by Gasteiger charge is 2.21. The zero-order valence-electron chi connectivity index (χ0n) is 43.4. The van der Waals surface area contributed by atoms with E-state index in [0.717, 1.165) is 32.1 Å². The minimum atomic E-state index is -0.747. The van der Waals surface area contributed by atoms with Crippen molar-refractivity contribution in [1.82, 2.24) is 5.32 Å². The van der Waals surface area contributed by atoms with E-state index in [1.54, 1.807) is 0 Å². The summed E-state index contributed by atoms with van der Waals surface area (Å²) in [6, 6.07) is -0.656. The molecule has 0 rings (SSSR count). The monoisotopic (exact) mass is 902 g/mol. The van der Waals surface area contributed by atoms with Gasteiger partial charge >= 0.3 is 0 Å². The Morgan fingerprint density at radius 3 is 0.984 bits per heavy atom. The van der Waals surface area contributed by atoms with Crippen molar-refractivity contribution in [3.63, 3.8) is 0 Å². The van der Waals surface area contributed by atoms with E-state index in [1.165, 1.54) is 257 Å². The van der Waals surface area contributed by atoms with Crippen molar-refractivity contribution in [2.45, 2.75) is 340 Å². The van der Waals surface area contributed by atoms with Crippen molar-refractivity contribution < 1.29 is 20.1 Å². The number of unbranched alkanes of at least 4 members (excludes halogenated alkanes) is 41. The van der Waals surface area contributed by atoms with Crippen LogP contribution in [0.15, 0.2) is 24.3 Å². The van der Waals surface area contributed by atoms with Crippen LogP contribution in [0, 0.1) is 0 Å². The normalized spacial score (nSPS) is 13.4. The molecule has 380 valence electrons. The summed E-state index contributed by atoms with van der Waals surface area (Å²) in [7, 11) is 0. The van der Waals surface area contributed by atoms with Gasteiger partial charge in [0.05, 0.1) is 31.3 Å². The molecular formula is C59H115NO4. The fourth-order valence-corrected chi connectivity index (χ4v) is 9.32. The Morgan fingerprint density at radius 1 is 0.391 bits per heavy atom. The second-order valence-corrected chi connectivity index (χ2v) is 20.3. The summed E-state index contributed by atoms with van der Waals surface area (Å²) < 4.78 is 0. The quantitative estimate of drug-likeness (QED) is 0.0362. The van der Waals surface area contributed by atoms with Crippen LogP contribution in [0.3, 0.4) is 0 Å². The summed E-state index contributed by atoms with van der Waals surface area (Å²) in [6.45, 7) is 4.28. The fourth-order valence-electron chi connectivity index (χ4n) is 9.32. The first-order valence-corrected chi connectivity index (χ1v) is 29.1. The van der Waals surface area contributed by atoms with Crippen LogP contribution < -0.4 is 5.32 Å². The Labute approximate surface area is 401 Å². The van der Waals surface area contributed by atoms with E-state index in [4.69, 9.17) is 0 Å². The van der Waals surface area contributed by atoms with Crippen molar-refractivity contribution in [1.29, 1.82) is 0 Å². The van der Waals surface area contributed by atoms with E-state index >= 15 is 0 Å². The maximum absolute atomic E-state index is 12.5. The number of carbonyl (C=O) groups is 1. The number of carbonyl (C=O) groups excluding carboxylic acids is 1. The third-order valence-electron chi connectivity index (χ3n) is 13.8. The van der Waals surface area contributed by atoms with Gasteiger partial charge in [0, 0.05) is 0 Å². The van der Waals surface area contributed by atoms with E-state index in [1.807, 2.05) is 0 Å². The molecular weight excluding hydrogens is 787 g/mol. The average Bonchev–Trinajstić information content (AvgIpc) is 3.29. The molecule has 0 radical (unpaired) electrons. The highest BCUT2D eigenvalue weighted by atomic mass is 16.3. The van der Waals surface area contributed by atoms with Crippen LogP contribution >= 0.6 is 0 Å². The number of allylic oxidation sites excluding steroid dienone is 4. The molecule has 0 aromatic heterocycles. The molecule has 0 saturated carbocycles. The van der Waals surface area contributed by atoms with E-state index in [-0.39, 0.29) is 18.9 Å². The molecule has 0 heterocycles. The van der Waals surface area contributed by atoms with Crippen LogP contribution in [-0.4, -0.2) is 46.1 Å². The van der Waals surface area contributed by atoms with E-state index < -0.39 is 18.2 Å². The Kier molecular flexibility index (Phi) is 53.4. The van der Waals surface area contributed by atoms with Crippen molar-refractivity contribution in [3.8, 4) is 0 Å². The van der Waals surface area contributed by atoms with Crippen LogP contribution in [0.4, 0.5) is 0 Å². The number of aliphatic hydroxyl groups excluding tert-OH is 3. The summed E-state index contributed by atoms with van der Waals surface area (Å²) >= 11 is 0. The number of aliphatic hydroxyl groups is 3. The van der Waals surface area contributed by atoms with E-state index in [2.05, 4.69) is 43.5 Å². The number of amides is 1. The molecule has 0 fully saturated rings. The predicted molar refractivity (Wildman–Crippen MR) is 282 cm³/mol. The van der Waals surface area contributed by atoms with Crippen LogP contribution in [0.25, 0.3) is 0 Å². The van der Waals surface area contributed by atoms with E-state index in [9.17, 15) is 20.1 Å². The largest absolute Gasteiger partial charge is 0.394 e. The second-order valence-electron chi connectivity index (χ2n) is 20.3. The molecule has 64 heavy (non-hydrogen) atoms. The maximum atomic E-state index is 12.5. The molecule has 0 saturated heterocycles. The van der Waals surface area contributed by atoms with Crippen molar-refractivity contribution in [3.05, 3.63) is 24.3 Å². The molecule has 0 aliphatic carbocycles. The Bertz CT molecular complexity index is 951. The maximum Gasteiger partial charge on any atom is 0.222 e. The van der Waals surface area contributed by atoms with Gasteiger partial charge in [0.2, 0.25) is 5.91 Å². The molecule has 0 bridgehead atoms. The molecule has 0 aromatic rings. The van der Waals surface area contributed by atoms with Gasteiger partial charge < -0.3 is 20.6 Å². The van der Waals surface area contributed by atoms with Crippen LogP contribution in [0.1, 0.15) is 322 Å². The van der Waals surface area contributed by atoms with Crippen molar-refractivity contribution in [2.24, 2.45) is 0 Å². The minimum absolute atomic E-state index is 0.0390. The van der Waals surface area contributed by atoms with Gasteiger partial charge in [-0.05, 0) is 44.9 Å². The SMILES string of the molecule is CCCCCCCCCCCCCCCCC/C=C\C/C=C\CCCCCCCCCCCCCCCCCC(O)CC(=O)NC(CO)C(O)CCCCCCCCCCCCCC. The highest BCUT2D eigenvalue weighted by Crippen LogP contribution is 2.18. The lowest BCUT2D eigenvalue weighted by Crippen LogP contribution is -2.46. The van der Waals surface area contributed by atoms with Crippen LogP contribution in [0.2, 0.25) is 0 Å². The molecule has 4 N–H and O–H groups in total.